The standard InChI is InChI=1S/C12H14ClNS2/c1-9(13)8-16-12(15)14-10(2)11-6-4-3-5-7-11/h3-7,10H,1,8H2,2H3,(H,14,15). The average Bonchev–Trinajstić information content (AvgIpc) is 2.27. The van der Waals surface area contributed by atoms with Gasteiger partial charge in [0.1, 0.15) is 4.32 Å². The molecule has 1 N–H and O–H groups in total. The summed E-state index contributed by atoms with van der Waals surface area (Å²) in [6.07, 6.45) is 0. The summed E-state index contributed by atoms with van der Waals surface area (Å²) >= 11 is 12.4. The molecule has 1 aromatic carbocycles. The third kappa shape index (κ3) is 5.01. The first-order chi connectivity index (χ1) is 7.59. The van der Waals surface area contributed by atoms with E-state index in [1.54, 1.807) is 0 Å². The minimum atomic E-state index is 0.213. The Morgan fingerprint density at radius 3 is 2.69 bits per heavy atom. The second-order valence-corrected chi connectivity index (χ2v) is 5.56. The van der Waals surface area contributed by atoms with Crippen LogP contribution in [0.4, 0.5) is 0 Å². The van der Waals surface area contributed by atoms with Crippen LogP contribution in [0.15, 0.2) is 41.9 Å². The molecule has 0 aliphatic carbocycles. The van der Waals surface area contributed by atoms with Crippen LogP contribution in [0.1, 0.15) is 18.5 Å². The van der Waals surface area contributed by atoms with E-state index in [4.69, 9.17) is 23.8 Å². The summed E-state index contributed by atoms with van der Waals surface area (Å²) in [7, 11) is 0. The first-order valence-corrected chi connectivity index (χ1v) is 6.68. The summed E-state index contributed by atoms with van der Waals surface area (Å²) in [6, 6.07) is 10.4. The smallest absolute Gasteiger partial charge is 0.134 e. The Morgan fingerprint density at radius 1 is 1.50 bits per heavy atom. The third-order valence-corrected chi connectivity index (χ3v) is 3.63. The molecule has 0 radical (unpaired) electrons. The Morgan fingerprint density at radius 2 is 2.12 bits per heavy atom. The number of benzene rings is 1. The highest BCUT2D eigenvalue weighted by molar-refractivity contribution is 8.23. The molecule has 16 heavy (non-hydrogen) atoms. The maximum absolute atomic E-state index is 5.67. The van der Waals surface area contributed by atoms with Crippen LogP contribution in [0.5, 0.6) is 0 Å². The summed E-state index contributed by atoms with van der Waals surface area (Å²) in [6.45, 7) is 5.70. The molecular weight excluding hydrogens is 258 g/mol. The Bertz CT molecular complexity index is 365. The van der Waals surface area contributed by atoms with Crippen molar-refractivity contribution in [1.82, 2.24) is 5.32 Å². The van der Waals surface area contributed by atoms with Crippen LogP contribution in [0.25, 0.3) is 0 Å². The van der Waals surface area contributed by atoms with E-state index in [9.17, 15) is 0 Å². The molecule has 0 heterocycles. The molecular formula is C12H14ClNS2. The molecule has 1 aromatic rings. The van der Waals surface area contributed by atoms with Crippen LogP contribution >= 0.6 is 35.6 Å². The monoisotopic (exact) mass is 271 g/mol. The zero-order valence-corrected chi connectivity index (χ0v) is 11.5. The Hall–Kier alpha value is -0.510. The summed E-state index contributed by atoms with van der Waals surface area (Å²) < 4.78 is 0.748. The van der Waals surface area contributed by atoms with Crippen molar-refractivity contribution in [1.29, 1.82) is 0 Å². The fraction of sp³-hybridized carbons (Fsp3) is 0.250. The lowest BCUT2D eigenvalue weighted by Gasteiger charge is -2.15. The number of halogens is 1. The molecule has 1 rings (SSSR count). The van der Waals surface area contributed by atoms with E-state index in [2.05, 4.69) is 31.0 Å². The fourth-order valence-electron chi connectivity index (χ4n) is 1.19. The quantitative estimate of drug-likeness (QED) is 0.828. The molecule has 0 aliphatic rings. The number of rotatable bonds is 4. The van der Waals surface area contributed by atoms with Gasteiger partial charge in [-0.2, -0.15) is 0 Å². The van der Waals surface area contributed by atoms with Crippen molar-refractivity contribution in [3.8, 4) is 0 Å². The van der Waals surface area contributed by atoms with Gasteiger partial charge in [-0.1, -0.05) is 72.5 Å². The minimum Gasteiger partial charge on any atom is -0.364 e. The van der Waals surface area contributed by atoms with E-state index >= 15 is 0 Å². The zero-order valence-electron chi connectivity index (χ0n) is 9.07. The van der Waals surface area contributed by atoms with E-state index in [0.717, 1.165) is 4.32 Å². The van der Waals surface area contributed by atoms with Crippen LogP contribution in [-0.4, -0.2) is 10.1 Å². The molecule has 0 saturated heterocycles. The highest BCUT2D eigenvalue weighted by atomic mass is 35.5. The maximum atomic E-state index is 5.67. The molecule has 0 bridgehead atoms. The van der Waals surface area contributed by atoms with Crippen LogP contribution in [0, 0.1) is 0 Å². The summed E-state index contributed by atoms with van der Waals surface area (Å²) in [5.41, 5.74) is 1.22. The van der Waals surface area contributed by atoms with Crippen LogP contribution in [-0.2, 0) is 0 Å². The van der Waals surface area contributed by atoms with Crippen molar-refractivity contribution >= 4 is 39.9 Å². The van der Waals surface area contributed by atoms with Gasteiger partial charge in [-0.05, 0) is 12.5 Å². The predicted octanol–water partition coefficient (Wildman–Crippen LogP) is 4.11. The largest absolute Gasteiger partial charge is 0.364 e. The molecule has 0 aromatic heterocycles. The molecule has 0 saturated carbocycles. The van der Waals surface area contributed by atoms with Gasteiger partial charge >= 0.3 is 0 Å². The van der Waals surface area contributed by atoms with Crippen LogP contribution in [0.3, 0.4) is 0 Å². The predicted molar refractivity (Wildman–Crippen MR) is 78.0 cm³/mol. The van der Waals surface area contributed by atoms with Crippen molar-refractivity contribution in [2.45, 2.75) is 13.0 Å². The minimum absolute atomic E-state index is 0.213. The number of hydrogen-bond donors (Lipinski definition) is 1. The third-order valence-electron chi connectivity index (χ3n) is 1.99. The number of thioether (sulfide) groups is 1. The highest BCUT2D eigenvalue weighted by Gasteiger charge is 2.06. The van der Waals surface area contributed by atoms with E-state index in [-0.39, 0.29) is 6.04 Å². The lowest BCUT2D eigenvalue weighted by Crippen LogP contribution is -2.22. The summed E-state index contributed by atoms with van der Waals surface area (Å²) in [4.78, 5) is 0. The van der Waals surface area contributed by atoms with Gasteiger partial charge in [-0.15, -0.1) is 0 Å². The molecule has 0 aliphatic heterocycles. The van der Waals surface area contributed by atoms with Gasteiger partial charge in [-0.25, -0.2) is 0 Å². The van der Waals surface area contributed by atoms with Crippen LogP contribution in [0.2, 0.25) is 0 Å². The van der Waals surface area contributed by atoms with Gasteiger partial charge in [0.2, 0.25) is 0 Å². The first kappa shape index (κ1) is 13.6. The van der Waals surface area contributed by atoms with Gasteiger partial charge < -0.3 is 5.32 Å². The Kier molecular flexibility index (Phi) is 5.88. The lowest BCUT2D eigenvalue weighted by molar-refractivity contribution is 0.730. The number of nitrogens with one attached hydrogen (secondary N) is 1. The van der Waals surface area contributed by atoms with E-state index in [0.29, 0.717) is 10.8 Å². The summed E-state index contributed by atoms with van der Waals surface area (Å²) in [5, 5.41) is 3.86. The van der Waals surface area contributed by atoms with Crippen LogP contribution < -0.4 is 5.32 Å². The van der Waals surface area contributed by atoms with Crippen molar-refractivity contribution < 1.29 is 0 Å². The topological polar surface area (TPSA) is 12.0 Å². The van der Waals surface area contributed by atoms with Gasteiger partial charge in [0.15, 0.2) is 0 Å². The number of hydrogen-bond acceptors (Lipinski definition) is 2. The van der Waals surface area contributed by atoms with Crippen molar-refractivity contribution in [2.75, 3.05) is 5.75 Å². The van der Waals surface area contributed by atoms with Crippen molar-refractivity contribution in [3.63, 3.8) is 0 Å². The zero-order chi connectivity index (χ0) is 12.0. The first-order valence-electron chi connectivity index (χ1n) is 4.91. The Balaban J connectivity index is 2.43. The average molecular weight is 272 g/mol. The fourth-order valence-corrected chi connectivity index (χ4v) is 2.25. The van der Waals surface area contributed by atoms with E-state index < -0.39 is 0 Å². The SMILES string of the molecule is C=C(Cl)CSC(=S)NC(C)c1ccccc1. The molecule has 1 atom stereocenters. The van der Waals surface area contributed by atoms with Gasteiger partial charge in [0, 0.05) is 16.8 Å². The van der Waals surface area contributed by atoms with E-state index in [1.807, 2.05) is 18.2 Å². The molecule has 0 fully saturated rings. The maximum Gasteiger partial charge on any atom is 0.134 e. The molecule has 1 nitrogen and oxygen atoms in total. The normalized spacial score (nSPS) is 11.9. The second-order valence-electron chi connectivity index (χ2n) is 3.37. The second kappa shape index (κ2) is 6.94. The van der Waals surface area contributed by atoms with Gasteiger partial charge in [0.25, 0.3) is 0 Å². The van der Waals surface area contributed by atoms with Crippen molar-refractivity contribution in [3.05, 3.63) is 47.5 Å². The summed E-state index contributed by atoms with van der Waals surface area (Å²) in [5.74, 6) is 0.648. The van der Waals surface area contributed by atoms with Crippen molar-refractivity contribution in [2.24, 2.45) is 0 Å². The van der Waals surface area contributed by atoms with E-state index in [1.165, 1.54) is 17.3 Å². The lowest BCUT2D eigenvalue weighted by atomic mass is 10.1. The molecule has 0 spiro atoms. The van der Waals surface area contributed by atoms with Gasteiger partial charge in [-0.3, -0.25) is 0 Å². The molecule has 4 heteroatoms. The molecule has 0 amide bonds. The Labute approximate surface area is 111 Å². The highest BCUT2D eigenvalue weighted by Crippen LogP contribution is 2.15. The van der Waals surface area contributed by atoms with Gasteiger partial charge in [0.05, 0.1) is 0 Å². The number of thiocarbonyl (C=S) groups is 1. The molecule has 86 valence electrons. The molecule has 1 unspecified atom stereocenters.